The Labute approximate surface area is 127 Å². The minimum absolute atomic E-state index is 0.361. The molecule has 1 fully saturated rings. The van der Waals surface area contributed by atoms with Crippen LogP contribution < -0.4 is 10.1 Å². The second-order valence-electron chi connectivity index (χ2n) is 5.11. The Morgan fingerprint density at radius 3 is 2.81 bits per heavy atom. The summed E-state index contributed by atoms with van der Waals surface area (Å²) in [7, 11) is 1.51. The lowest BCUT2D eigenvalue weighted by atomic mass is 10.00. The Balaban J connectivity index is 2.20. The number of benzene rings is 1. The lowest BCUT2D eigenvalue weighted by molar-refractivity contribution is -0.146. The van der Waals surface area contributed by atoms with E-state index in [1.807, 2.05) is 0 Å². The van der Waals surface area contributed by atoms with E-state index in [1.165, 1.54) is 12.0 Å². The Morgan fingerprint density at radius 1 is 1.48 bits per heavy atom. The SMILES string of the molecule is COc1ccc(Cl)c(NC(=O)N2CCCC2(C)C(=O)O)c1. The summed E-state index contributed by atoms with van der Waals surface area (Å²) in [6.07, 6.45) is 1.09. The molecule has 0 aliphatic carbocycles. The molecule has 7 heteroatoms. The van der Waals surface area contributed by atoms with E-state index in [4.69, 9.17) is 16.3 Å². The summed E-state index contributed by atoms with van der Waals surface area (Å²) in [5.74, 6) is -0.455. The normalized spacial score (nSPS) is 21.2. The Morgan fingerprint density at radius 2 is 2.19 bits per heavy atom. The van der Waals surface area contributed by atoms with Crippen LogP contribution in [0.1, 0.15) is 19.8 Å². The minimum Gasteiger partial charge on any atom is -0.497 e. The molecule has 2 rings (SSSR count). The van der Waals surface area contributed by atoms with Crippen molar-refractivity contribution >= 4 is 29.3 Å². The Kier molecular flexibility index (Phi) is 4.27. The number of nitrogens with zero attached hydrogens (tertiary/aromatic N) is 1. The topological polar surface area (TPSA) is 78.9 Å². The third-order valence-corrected chi connectivity index (χ3v) is 4.09. The van der Waals surface area contributed by atoms with E-state index in [9.17, 15) is 14.7 Å². The third-order valence-electron chi connectivity index (χ3n) is 3.76. The first-order valence-corrected chi connectivity index (χ1v) is 6.92. The zero-order valence-corrected chi connectivity index (χ0v) is 12.6. The van der Waals surface area contributed by atoms with Crippen LogP contribution in [0.4, 0.5) is 10.5 Å². The van der Waals surface area contributed by atoms with Crippen LogP contribution in [0, 0.1) is 0 Å². The van der Waals surface area contributed by atoms with Crippen molar-refractivity contribution in [3.63, 3.8) is 0 Å². The molecule has 0 spiro atoms. The van der Waals surface area contributed by atoms with Gasteiger partial charge in [0.2, 0.25) is 0 Å². The molecule has 1 aliphatic heterocycles. The van der Waals surface area contributed by atoms with Crippen LogP contribution in [-0.2, 0) is 4.79 Å². The second kappa shape index (κ2) is 5.81. The van der Waals surface area contributed by atoms with Gasteiger partial charge in [0.25, 0.3) is 0 Å². The largest absolute Gasteiger partial charge is 0.497 e. The van der Waals surface area contributed by atoms with Crippen LogP contribution in [0.15, 0.2) is 18.2 Å². The van der Waals surface area contributed by atoms with Crippen LogP contribution >= 0.6 is 11.6 Å². The predicted octanol–water partition coefficient (Wildman–Crippen LogP) is 2.82. The van der Waals surface area contributed by atoms with Crippen LogP contribution in [0.3, 0.4) is 0 Å². The highest BCUT2D eigenvalue weighted by Crippen LogP contribution is 2.32. The molecule has 1 aromatic carbocycles. The average molecular weight is 313 g/mol. The maximum atomic E-state index is 12.3. The first-order chi connectivity index (χ1) is 9.88. The van der Waals surface area contributed by atoms with Crippen molar-refractivity contribution in [2.45, 2.75) is 25.3 Å². The molecule has 1 aromatic rings. The second-order valence-corrected chi connectivity index (χ2v) is 5.52. The van der Waals surface area contributed by atoms with Gasteiger partial charge in [0.1, 0.15) is 11.3 Å². The number of aliphatic carboxylic acids is 1. The molecule has 0 aromatic heterocycles. The van der Waals surface area contributed by atoms with Crippen molar-refractivity contribution in [2.75, 3.05) is 19.0 Å². The molecule has 1 unspecified atom stereocenters. The lowest BCUT2D eigenvalue weighted by Gasteiger charge is -2.31. The van der Waals surface area contributed by atoms with Crippen molar-refractivity contribution in [3.8, 4) is 5.75 Å². The summed E-state index contributed by atoms with van der Waals surface area (Å²) >= 11 is 6.03. The zero-order valence-electron chi connectivity index (χ0n) is 11.9. The number of amides is 2. The van der Waals surface area contributed by atoms with Gasteiger partial charge in [-0.05, 0) is 31.9 Å². The van der Waals surface area contributed by atoms with Crippen molar-refractivity contribution in [1.29, 1.82) is 0 Å². The number of urea groups is 1. The highest BCUT2D eigenvalue weighted by molar-refractivity contribution is 6.33. The summed E-state index contributed by atoms with van der Waals surface area (Å²) in [6.45, 7) is 1.95. The number of ether oxygens (including phenoxy) is 1. The molecule has 2 N–H and O–H groups in total. The number of methoxy groups -OCH3 is 1. The zero-order chi connectivity index (χ0) is 15.6. The van der Waals surface area contributed by atoms with Crippen LogP contribution in [0.2, 0.25) is 5.02 Å². The number of likely N-dealkylation sites (tertiary alicyclic amines) is 1. The number of carboxylic acids is 1. The molecule has 2 amide bonds. The fourth-order valence-corrected chi connectivity index (χ4v) is 2.59. The molecule has 1 heterocycles. The van der Waals surface area contributed by atoms with Crippen molar-refractivity contribution in [1.82, 2.24) is 4.90 Å². The molecule has 114 valence electrons. The number of anilines is 1. The fraction of sp³-hybridized carbons (Fsp3) is 0.429. The smallest absolute Gasteiger partial charge is 0.329 e. The number of hydrogen-bond donors (Lipinski definition) is 2. The standard InChI is InChI=1S/C14H17ClN2O4/c1-14(12(18)19)6-3-7-17(14)13(20)16-11-8-9(21-2)4-5-10(11)15/h4-5,8H,3,6-7H2,1-2H3,(H,16,20)(H,18,19). The maximum Gasteiger partial charge on any atom is 0.329 e. The number of halogens is 1. The molecule has 21 heavy (non-hydrogen) atoms. The lowest BCUT2D eigenvalue weighted by Crippen LogP contribution is -2.52. The number of nitrogens with one attached hydrogen (secondary N) is 1. The van der Waals surface area contributed by atoms with Gasteiger partial charge in [-0.15, -0.1) is 0 Å². The van der Waals surface area contributed by atoms with Gasteiger partial charge in [0.05, 0.1) is 17.8 Å². The van der Waals surface area contributed by atoms with E-state index in [0.717, 1.165) is 0 Å². The number of carbonyl (C=O) groups is 2. The number of carboxylic acid groups (broad SMARTS) is 1. The van der Waals surface area contributed by atoms with E-state index in [-0.39, 0.29) is 0 Å². The van der Waals surface area contributed by atoms with Gasteiger partial charge < -0.3 is 20.1 Å². The summed E-state index contributed by atoms with van der Waals surface area (Å²) in [6, 6.07) is 4.40. The molecular formula is C14H17ClN2O4. The number of rotatable bonds is 3. The fourth-order valence-electron chi connectivity index (χ4n) is 2.42. The maximum absolute atomic E-state index is 12.3. The molecule has 6 nitrogen and oxygen atoms in total. The molecule has 1 atom stereocenters. The van der Waals surface area contributed by atoms with Gasteiger partial charge in [-0.2, -0.15) is 0 Å². The molecule has 1 saturated heterocycles. The third kappa shape index (κ3) is 2.90. The number of hydrogen-bond acceptors (Lipinski definition) is 3. The van der Waals surface area contributed by atoms with E-state index in [0.29, 0.717) is 35.8 Å². The molecule has 1 aliphatic rings. The quantitative estimate of drug-likeness (QED) is 0.899. The predicted molar refractivity (Wildman–Crippen MR) is 79.0 cm³/mol. The summed E-state index contributed by atoms with van der Waals surface area (Å²) in [5.41, 5.74) is -0.796. The highest BCUT2D eigenvalue weighted by Gasteiger charge is 2.46. The van der Waals surface area contributed by atoms with Crippen molar-refractivity contribution in [3.05, 3.63) is 23.2 Å². The van der Waals surface area contributed by atoms with Crippen LogP contribution in [-0.4, -0.2) is 41.2 Å². The highest BCUT2D eigenvalue weighted by atomic mass is 35.5. The molecular weight excluding hydrogens is 296 g/mol. The molecule has 0 bridgehead atoms. The van der Waals surface area contributed by atoms with Crippen LogP contribution in [0.25, 0.3) is 0 Å². The van der Waals surface area contributed by atoms with E-state index >= 15 is 0 Å². The van der Waals surface area contributed by atoms with Crippen LogP contribution in [0.5, 0.6) is 5.75 Å². The van der Waals surface area contributed by atoms with Crippen molar-refractivity contribution in [2.24, 2.45) is 0 Å². The summed E-state index contributed by atoms with van der Waals surface area (Å²) < 4.78 is 5.08. The van der Waals surface area contributed by atoms with Crippen molar-refractivity contribution < 1.29 is 19.4 Å². The van der Waals surface area contributed by atoms with E-state index in [1.54, 1.807) is 25.1 Å². The first kappa shape index (κ1) is 15.4. The van der Waals surface area contributed by atoms with Gasteiger partial charge in [-0.3, -0.25) is 0 Å². The van der Waals surface area contributed by atoms with Gasteiger partial charge in [-0.1, -0.05) is 11.6 Å². The monoisotopic (exact) mass is 312 g/mol. The number of carbonyl (C=O) groups excluding carboxylic acids is 1. The minimum atomic E-state index is -1.19. The average Bonchev–Trinajstić information content (AvgIpc) is 2.85. The van der Waals surface area contributed by atoms with E-state index in [2.05, 4.69) is 5.32 Å². The van der Waals surface area contributed by atoms with Gasteiger partial charge in [0, 0.05) is 12.6 Å². The van der Waals surface area contributed by atoms with Gasteiger partial charge >= 0.3 is 12.0 Å². The summed E-state index contributed by atoms with van der Waals surface area (Å²) in [4.78, 5) is 25.1. The summed E-state index contributed by atoms with van der Waals surface area (Å²) in [5, 5.41) is 12.3. The van der Waals surface area contributed by atoms with Gasteiger partial charge in [0.15, 0.2) is 0 Å². The Bertz CT molecular complexity index is 578. The Hall–Kier alpha value is -1.95. The van der Waals surface area contributed by atoms with E-state index < -0.39 is 17.5 Å². The molecule has 0 saturated carbocycles. The first-order valence-electron chi connectivity index (χ1n) is 6.54. The van der Waals surface area contributed by atoms with Gasteiger partial charge in [-0.25, -0.2) is 9.59 Å². The molecule has 0 radical (unpaired) electrons.